The molecule has 1 aromatic carbocycles. The van der Waals surface area contributed by atoms with Crippen molar-refractivity contribution in [2.45, 2.75) is 32.9 Å². The summed E-state index contributed by atoms with van der Waals surface area (Å²) in [4.78, 5) is 0. The van der Waals surface area contributed by atoms with Gasteiger partial charge in [0.1, 0.15) is 5.75 Å². The highest BCUT2D eigenvalue weighted by molar-refractivity contribution is 9.10. The summed E-state index contributed by atoms with van der Waals surface area (Å²) in [5.41, 5.74) is 1.18. The third-order valence-electron chi connectivity index (χ3n) is 2.39. The first-order valence-corrected chi connectivity index (χ1v) is 6.72. The van der Waals surface area contributed by atoms with Crippen molar-refractivity contribution in [2.75, 3.05) is 13.2 Å². The number of rotatable bonds is 7. The van der Waals surface area contributed by atoms with Crippen LogP contribution in [0.15, 0.2) is 22.7 Å². The molecule has 0 aliphatic rings. The average Bonchev–Trinajstić information content (AvgIpc) is 2.29. The van der Waals surface area contributed by atoms with Gasteiger partial charge >= 0.3 is 0 Å². The summed E-state index contributed by atoms with van der Waals surface area (Å²) in [7, 11) is 0. The molecule has 0 amide bonds. The molecular formula is C13H20BrNO2. The highest BCUT2D eigenvalue weighted by Gasteiger charge is 2.03. The molecule has 0 spiro atoms. The lowest BCUT2D eigenvalue weighted by atomic mass is 10.2. The molecule has 1 aromatic rings. The minimum Gasteiger partial charge on any atom is -0.493 e. The van der Waals surface area contributed by atoms with Crippen LogP contribution in [-0.4, -0.2) is 24.4 Å². The Balaban J connectivity index is 2.55. The highest BCUT2D eigenvalue weighted by atomic mass is 79.9. The van der Waals surface area contributed by atoms with Gasteiger partial charge in [0.15, 0.2) is 0 Å². The largest absolute Gasteiger partial charge is 0.493 e. The molecule has 0 saturated heterocycles. The van der Waals surface area contributed by atoms with E-state index in [-0.39, 0.29) is 6.10 Å². The van der Waals surface area contributed by atoms with Gasteiger partial charge in [0, 0.05) is 17.4 Å². The van der Waals surface area contributed by atoms with Crippen molar-refractivity contribution in [3.05, 3.63) is 28.2 Å². The number of aliphatic hydroxyl groups is 1. The molecule has 2 N–H and O–H groups in total. The van der Waals surface area contributed by atoms with Gasteiger partial charge in [-0.25, -0.2) is 0 Å². The van der Waals surface area contributed by atoms with Crippen LogP contribution in [0.2, 0.25) is 0 Å². The third kappa shape index (κ3) is 5.52. The fraction of sp³-hybridized carbons (Fsp3) is 0.538. The molecule has 1 unspecified atom stereocenters. The number of ether oxygens (including phenoxy) is 1. The van der Waals surface area contributed by atoms with Crippen molar-refractivity contribution >= 4 is 15.9 Å². The maximum absolute atomic E-state index is 9.15. The van der Waals surface area contributed by atoms with Crippen LogP contribution in [0.25, 0.3) is 0 Å². The van der Waals surface area contributed by atoms with Gasteiger partial charge in [-0.2, -0.15) is 0 Å². The van der Waals surface area contributed by atoms with Gasteiger partial charge in [-0.05, 0) is 37.2 Å². The van der Waals surface area contributed by atoms with E-state index in [0.29, 0.717) is 13.0 Å². The molecule has 0 fully saturated rings. The molecule has 4 heteroatoms. The summed E-state index contributed by atoms with van der Waals surface area (Å²) in [6, 6.07) is 5.95. The zero-order chi connectivity index (χ0) is 12.7. The second-order valence-corrected chi connectivity index (χ2v) is 4.87. The zero-order valence-electron chi connectivity index (χ0n) is 10.4. The number of hydrogen-bond acceptors (Lipinski definition) is 3. The van der Waals surface area contributed by atoms with Gasteiger partial charge in [-0.15, -0.1) is 0 Å². The maximum Gasteiger partial charge on any atom is 0.119 e. The van der Waals surface area contributed by atoms with E-state index >= 15 is 0 Å². The van der Waals surface area contributed by atoms with Crippen LogP contribution in [0.5, 0.6) is 5.75 Å². The SMILES string of the molecule is CCNCc1cc(OCCC(C)O)ccc1Br. The van der Waals surface area contributed by atoms with Gasteiger partial charge in [0.2, 0.25) is 0 Å². The maximum atomic E-state index is 9.15. The Morgan fingerprint density at radius 1 is 1.47 bits per heavy atom. The van der Waals surface area contributed by atoms with Gasteiger partial charge in [0.25, 0.3) is 0 Å². The fourth-order valence-corrected chi connectivity index (χ4v) is 1.77. The summed E-state index contributed by atoms with van der Waals surface area (Å²) in [5, 5.41) is 12.4. The standard InChI is InChI=1S/C13H20BrNO2/c1-3-15-9-11-8-12(4-5-13(11)14)17-7-6-10(2)16/h4-5,8,10,15-16H,3,6-7,9H2,1-2H3. The summed E-state index contributed by atoms with van der Waals surface area (Å²) in [6.45, 7) is 6.16. The number of halogens is 1. The zero-order valence-corrected chi connectivity index (χ0v) is 12.0. The summed E-state index contributed by atoms with van der Waals surface area (Å²) in [6.07, 6.45) is 0.338. The molecule has 0 saturated carbocycles. The molecule has 0 bridgehead atoms. The molecule has 1 atom stereocenters. The Hall–Kier alpha value is -0.580. The Labute approximate surface area is 111 Å². The minimum atomic E-state index is -0.313. The molecule has 1 rings (SSSR count). The van der Waals surface area contributed by atoms with Gasteiger partial charge in [0.05, 0.1) is 12.7 Å². The highest BCUT2D eigenvalue weighted by Crippen LogP contribution is 2.22. The second kappa shape index (κ2) is 7.69. The second-order valence-electron chi connectivity index (χ2n) is 4.02. The van der Waals surface area contributed by atoms with Crippen molar-refractivity contribution in [1.29, 1.82) is 0 Å². The fourth-order valence-electron chi connectivity index (χ4n) is 1.38. The van der Waals surface area contributed by atoms with E-state index in [1.54, 1.807) is 6.92 Å². The first kappa shape index (κ1) is 14.5. The van der Waals surface area contributed by atoms with E-state index in [2.05, 4.69) is 28.2 Å². The quantitative estimate of drug-likeness (QED) is 0.814. The first-order valence-electron chi connectivity index (χ1n) is 5.93. The predicted octanol–water partition coefficient (Wildman–Crippen LogP) is 2.71. The number of benzene rings is 1. The minimum absolute atomic E-state index is 0.313. The summed E-state index contributed by atoms with van der Waals surface area (Å²) < 4.78 is 6.67. The number of hydrogen-bond donors (Lipinski definition) is 2. The molecule has 17 heavy (non-hydrogen) atoms. The van der Waals surface area contributed by atoms with E-state index in [1.165, 1.54) is 5.56 Å². The van der Waals surface area contributed by atoms with Crippen LogP contribution in [-0.2, 0) is 6.54 Å². The predicted molar refractivity (Wildman–Crippen MR) is 73.3 cm³/mol. The van der Waals surface area contributed by atoms with Crippen molar-refractivity contribution < 1.29 is 9.84 Å². The third-order valence-corrected chi connectivity index (χ3v) is 3.16. The Kier molecular flexibility index (Phi) is 6.55. The monoisotopic (exact) mass is 301 g/mol. The molecule has 0 aliphatic carbocycles. The lowest BCUT2D eigenvalue weighted by Gasteiger charge is -2.11. The van der Waals surface area contributed by atoms with Crippen molar-refractivity contribution in [2.24, 2.45) is 0 Å². The summed E-state index contributed by atoms with van der Waals surface area (Å²) >= 11 is 3.52. The molecular weight excluding hydrogens is 282 g/mol. The van der Waals surface area contributed by atoms with Crippen LogP contribution < -0.4 is 10.1 Å². The van der Waals surface area contributed by atoms with E-state index in [4.69, 9.17) is 9.84 Å². The van der Waals surface area contributed by atoms with Gasteiger partial charge in [-0.1, -0.05) is 22.9 Å². The van der Waals surface area contributed by atoms with Crippen LogP contribution in [0.1, 0.15) is 25.8 Å². The van der Waals surface area contributed by atoms with Crippen LogP contribution in [0, 0.1) is 0 Å². The van der Waals surface area contributed by atoms with Gasteiger partial charge in [-0.3, -0.25) is 0 Å². The van der Waals surface area contributed by atoms with Crippen LogP contribution in [0.4, 0.5) is 0 Å². The topological polar surface area (TPSA) is 41.5 Å². The van der Waals surface area contributed by atoms with Crippen molar-refractivity contribution in [1.82, 2.24) is 5.32 Å². The van der Waals surface area contributed by atoms with E-state index in [1.807, 2.05) is 18.2 Å². The molecule has 0 aromatic heterocycles. The number of aliphatic hydroxyl groups excluding tert-OH is 1. The Morgan fingerprint density at radius 2 is 2.24 bits per heavy atom. The normalized spacial score (nSPS) is 12.5. The molecule has 0 radical (unpaired) electrons. The first-order chi connectivity index (χ1) is 8.13. The molecule has 0 aliphatic heterocycles. The molecule has 3 nitrogen and oxygen atoms in total. The van der Waals surface area contributed by atoms with E-state index < -0.39 is 0 Å². The number of nitrogens with one attached hydrogen (secondary N) is 1. The Bertz CT molecular complexity index is 342. The lowest BCUT2D eigenvalue weighted by molar-refractivity contribution is 0.155. The summed E-state index contributed by atoms with van der Waals surface area (Å²) in [5.74, 6) is 0.849. The Morgan fingerprint density at radius 3 is 2.88 bits per heavy atom. The van der Waals surface area contributed by atoms with Crippen LogP contribution >= 0.6 is 15.9 Å². The van der Waals surface area contributed by atoms with E-state index in [9.17, 15) is 0 Å². The van der Waals surface area contributed by atoms with Crippen molar-refractivity contribution in [3.63, 3.8) is 0 Å². The molecule has 96 valence electrons. The molecule has 0 heterocycles. The van der Waals surface area contributed by atoms with E-state index in [0.717, 1.165) is 23.3 Å². The van der Waals surface area contributed by atoms with Crippen LogP contribution in [0.3, 0.4) is 0 Å². The van der Waals surface area contributed by atoms with Gasteiger partial charge < -0.3 is 15.2 Å². The lowest BCUT2D eigenvalue weighted by Crippen LogP contribution is -2.12. The smallest absolute Gasteiger partial charge is 0.119 e. The average molecular weight is 302 g/mol. The van der Waals surface area contributed by atoms with Crippen molar-refractivity contribution in [3.8, 4) is 5.75 Å².